The number of oxazole rings is 2. The Morgan fingerprint density at radius 2 is 1.30 bits per heavy atom. The van der Waals surface area contributed by atoms with E-state index >= 15 is 0 Å². The number of hydrogen-bond acceptors (Lipinski definition) is 10. The van der Waals surface area contributed by atoms with Crippen LogP contribution in [0.4, 0.5) is 29.6 Å². The molecule has 0 bridgehead atoms. The molecule has 18 heteroatoms. The van der Waals surface area contributed by atoms with E-state index in [1.807, 2.05) is 46.7 Å². The van der Waals surface area contributed by atoms with E-state index in [2.05, 4.69) is 30.7 Å². The number of carbonyl (C=O) groups excluding carboxylic acids is 2. The largest absolute Gasteiger partial charge is 0.461 e. The number of rotatable bonds is 10. The van der Waals surface area contributed by atoms with Gasteiger partial charge in [-0.1, -0.05) is 53.5 Å². The SMILES string of the molecule is O=C(c1ccccc1-c1ccsc1)N1CC[C@@H](Nc2nc3ccc(Cl)cc3o2)C1.O=C(c1ccccc1OC(F)(F)C(F)F)N1CC[C@@H](Nc2nc3ccc(Cl)cc3o2)C1. The van der Waals surface area contributed by atoms with E-state index in [-0.39, 0.29) is 36.1 Å². The Bertz CT molecular complexity index is 2640. The number of aromatic nitrogens is 2. The summed E-state index contributed by atoms with van der Waals surface area (Å²) in [6.07, 6.45) is -7.35. The van der Waals surface area contributed by atoms with Crippen LogP contribution in [0.3, 0.4) is 0 Å². The van der Waals surface area contributed by atoms with Crippen molar-refractivity contribution in [3.63, 3.8) is 0 Å². The summed E-state index contributed by atoms with van der Waals surface area (Å²) in [7, 11) is 0. The molecule has 0 unspecified atom stereocenters. The molecule has 4 aromatic carbocycles. The zero-order valence-electron chi connectivity index (χ0n) is 31.3. The molecule has 2 amide bonds. The molecule has 0 radical (unpaired) electrons. The average Bonchev–Trinajstić information content (AvgIpc) is 4.09. The van der Waals surface area contributed by atoms with Crippen molar-refractivity contribution in [3.8, 4) is 16.9 Å². The maximum atomic E-state index is 13.3. The van der Waals surface area contributed by atoms with E-state index in [0.717, 1.165) is 34.7 Å². The molecule has 2 aliphatic rings. The van der Waals surface area contributed by atoms with Crippen LogP contribution in [0.1, 0.15) is 33.6 Å². The molecule has 60 heavy (non-hydrogen) atoms. The van der Waals surface area contributed by atoms with Gasteiger partial charge in [-0.05, 0) is 83.3 Å². The number of likely N-dealkylation sites (tertiary alicyclic amines) is 2. The molecule has 310 valence electrons. The fraction of sp³-hybridized carbons (Fsp3) is 0.238. The van der Waals surface area contributed by atoms with Gasteiger partial charge in [0.15, 0.2) is 11.2 Å². The Hall–Kier alpha value is -5.84. The molecule has 0 spiro atoms. The quantitative estimate of drug-likeness (QED) is 0.129. The third-order valence-electron chi connectivity index (χ3n) is 9.91. The summed E-state index contributed by atoms with van der Waals surface area (Å²) in [4.78, 5) is 38.1. The van der Waals surface area contributed by atoms with Crippen molar-refractivity contribution in [3.05, 3.63) is 123 Å². The van der Waals surface area contributed by atoms with E-state index in [4.69, 9.17) is 32.0 Å². The van der Waals surface area contributed by atoms with Crippen molar-refractivity contribution >= 4 is 80.6 Å². The molecule has 7 aromatic rings. The van der Waals surface area contributed by atoms with Crippen LogP contribution in [0, 0.1) is 0 Å². The zero-order valence-corrected chi connectivity index (χ0v) is 33.6. The van der Waals surface area contributed by atoms with Crippen LogP contribution < -0.4 is 15.4 Å². The number of nitrogens with zero attached hydrogens (tertiary/aromatic N) is 4. The topological polar surface area (TPSA) is 126 Å². The van der Waals surface area contributed by atoms with Crippen LogP contribution in [-0.2, 0) is 0 Å². The third-order valence-corrected chi connectivity index (χ3v) is 11.1. The zero-order chi connectivity index (χ0) is 42.0. The normalized spacial score (nSPS) is 16.6. The maximum absolute atomic E-state index is 13.3. The minimum atomic E-state index is -4.71. The van der Waals surface area contributed by atoms with Gasteiger partial charge in [-0.15, -0.1) is 0 Å². The molecule has 2 fully saturated rings. The summed E-state index contributed by atoms with van der Waals surface area (Å²) >= 11 is 13.6. The van der Waals surface area contributed by atoms with E-state index < -0.39 is 24.2 Å². The fourth-order valence-corrected chi connectivity index (χ4v) is 7.98. The standard InChI is InChI=1S/C22H18ClN3O2S.C20H16ClF4N3O3/c23-15-5-6-19-20(11-15)28-22(25-19)24-16-7-9-26(12-16)21(27)18-4-2-1-3-17(18)14-8-10-29-13-14;21-11-5-6-14-16(9-11)30-19(27-14)26-12-7-8-28(10-12)17(29)13-3-1-2-4-15(13)31-20(24,25)18(22)23/h1-6,8,10-11,13,16H,7,9,12H2,(H,24,25);1-6,9,12,18H,7-8,10H2,(H,26,27)/t16-;12-/m11/s1. The molecule has 9 rings (SSSR count). The molecule has 2 aliphatic heterocycles. The summed E-state index contributed by atoms with van der Waals surface area (Å²) in [6, 6.07) is 25.9. The summed E-state index contributed by atoms with van der Waals surface area (Å²) in [5, 5.41) is 11.6. The number of nitrogens with one attached hydrogen (secondary N) is 2. The lowest BCUT2D eigenvalue weighted by molar-refractivity contribution is -0.253. The molecular formula is C42H34Cl2F4N6O5S. The fourth-order valence-electron chi connectivity index (χ4n) is 7.00. The molecule has 2 atom stereocenters. The number of anilines is 2. The predicted octanol–water partition coefficient (Wildman–Crippen LogP) is 10.6. The molecule has 2 N–H and O–H groups in total. The van der Waals surface area contributed by atoms with Crippen molar-refractivity contribution in [2.75, 3.05) is 36.8 Å². The second kappa shape index (κ2) is 17.4. The number of amides is 2. The number of thiophene rings is 1. The molecule has 3 aromatic heterocycles. The van der Waals surface area contributed by atoms with Gasteiger partial charge in [0.25, 0.3) is 23.8 Å². The number of ether oxygens (including phenoxy) is 1. The molecular weight excluding hydrogens is 847 g/mol. The highest BCUT2D eigenvalue weighted by Gasteiger charge is 2.45. The van der Waals surface area contributed by atoms with Crippen molar-refractivity contribution in [2.24, 2.45) is 0 Å². The summed E-state index contributed by atoms with van der Waals surface area (Å²) < 4.78 is 67.2. The lowest BCUT2D eigenvalue weighted by Gasteiger charge is -2.21. The molecule has 11 nitrogen and oxygen atoms in total. The number of para-hydroxylation sites is 1. The van der Waals surface area contributed by atoms with Crippen LogP contribution in [0.25, 0.3) is 33.3 Å². The Kier molecular flexibility index (Phi) is 11.9. The van der Waals surface area contributed by atoms with Gasteiger partial charge >= 0.3 is 12.5 Å². The highest BCUT2D eigenvalue weighted by Crippen LogP contribution is 2.33. The van der Waals surface area contributed by atoms with Gasteiger partial charge in [0.1, 0.15) is 16.8 Å². The number of alkyl halides is 4. The van der Waals surface area contributed by atoms with Gasteiger partial charge in [0.05, 0.1) is 5.56 Å². The van der Waals surface area contributed by atoms with Crippen LogP contribution in [0.2, 0.25) is 10.0 Å². The van der Waals surface area contributed by atoms with Crippen molar-refractivity contribution < 1.29 is 40.7 Å². The first-order valence-corrected chi connectivity index (χ1v) is 20.4. The minimum absolute atomic E-state index is 0.0560. The van der Waals surface area contributed by atoms with Crippen LogP contribution in [-0.4, -0.2) is 82.4 Å². The van der Waals surface area contributed by atoms with Gasteiger partial charge in [-0.25, -0.2) is 0 Å². The highest BCUT2D eigenvalue weighted by atomic mass is 35.5. The molecule has 0 saturated carbocycles. The summed E-state index contributed by atoms with van der Waals surface area (Å²) in [5.41, 5.74) is 5.10. The van der Waals surface area contributed by atoms with E-state index in [0.29, 0.717) is 58.8 Å². The van der Waals surface area contributed by atoms with Gasteiger partial charge in [0, 0.05) is 66.0 Å². The van der Waals surface area contributed by atoms with Crippen molar-refractivity contribution in [1.82, 2.24) is 19.8 Å². The number of fused-ring (bicyclic) bond motifs is 2. The van der Waals surface area contributed by atoms with Gasteiger partial charge in [-0.3, -0.25) is 9.59 Å². The molecule has 2 saturated heterocycles. The Morgan fingerprint density at radius 1 is 0.767 bits per heavy atom. The second-order valence-corrected chi connectivity index (χ2v) is 15.7. The van der Waals surface area contributed by atoms with E-state index in [1.165, 1.54) is 23.1 Å². The van der Waals surface area contributed by atoms with Gasteiger partial charge < -0.3 is 34.0 Å². The van der Waals surface area contributed by atoms with Crippen LogP contribution >= 0.6 is 34.5 Å². The summed E-state index contributed by atoms with van der Waals surface area (Å²) in [5.74, 6) is -1.15. The number of carbonyl (C=O) groups is 2. The Labute approximate surface area is 353 Å². The molecule has 5 heterocycles. The van der Waals surface area contributed by atoms with E-state index in [1.54, 1.807) is 41.7 Å². The lowest BCUT2D eigenvalue weighted by Crippen LogP contribution is -2.35. The first-order valence-electron chi connectivity index (χ1n) is 18.7. The minimum Gasteiger partial charge on any atom is -0.427 e. The molecule has 0 aliphatic carbocycles. The predicted molar refractivity (Wildman–Crippen MR) is 222 cm³/mol. The summed E-state index contributed by atoms with van der Waals surface area (Å²) in [6.45, 7) is 1.86. The van der Waals surface area contributed by atoms with Crippen LogP contribution in [0.15, 0.2) is 111 Å². The van der Waals surface area contributed by atoms with Crippen molar-refractivity contribution in [2.45, 2.75) is 37.5 Å². The Morgan fingerprint density at radius 3 is 1.85 bits per heavy atom. The maximum Gasteiger partial charge on any atom is 0.461 e. The number of hydrogen-bond donors (Lipinski definition) is 2. The number of benzene rings is 4. The third kappa shape index (κ3) is 9.15. The Balaban J connectivity index is 0.000000167. The van der Waals surface area contributed by atoms with E-state index in [9.17, 15) is 27.2 Å². The first kappa shape index (κ1) is 40.9. The first-order chi connectivity index (χ1) is 28.9. The average molecular weight is 882 g/mol. The highest BCUT2D eigenvalue weighted by molar-refractivity contribution is 7.08. The lowest BCUT2D eigenvalue weighted by atomic mass is 10.0. The smallest absolute Gasteiger partial charge is 0.427 e. The van der Waals surface area contributed by atoms with Crippen LogP contribution in [0.5, 0.6) is 5.75 Å². The second-order valence-electron chi connectivity index (χ2n) is 14.0. The number of halogens is 6. The monoisotopic (exact) mass is 880 g/mol. The van der Waals surface area contributed by atoms with Gasteiger partial charge in [0.2, 0.25) is 0 Å². The van der Waals surface area contributed by atoms with Crippen molar-refractivity contribution in [1.29, 1.82) is 0 Å². The van der Waals surface area contributed by atoms with Gasteiger partial charge in [-0.2, -0.15) is 38.9 Å².